The number of rotatable bonds is 2. The molecule has 0 spiro atoms. The molecule has 88 valence electrons. The van der Waals surface area contributed by atoms with Crippen molar-refractivity contribution in [2.24, 2.45) is 0 Å². The largest absolute Gasteiger partial charge is 0.494 e. The number of fused-ring (bicyclic) bond motifs is 1. The van der Waals surface area contributed by atoms with E-state index in [1.807, 2.05) is 0 Å². The van der Waals surface area contributed by atoms with E-state index in [4.69, 9.17) is 4.74 Å². The minimum Gasteiger partial charge on any atom is -0.494 e. The maximum absolute atomic E-state index is 11.5. The first-order chi connectivity index (χ1) is 8.13. The third kappa shape index (κ3) is 1.99. The van der Waals surface area contributed by atoms with Crippen molar-refractivity contribution in [3.63, 3.8) is 0 Å². The van der Waals surface area contributed by atoms with Gasteiger partial charge in [0.25, 0.3) is 0 Å². The van der Waals surface area contributed by atoms with Crippen LogP contribution in [0.15, 0.2) is 35.3 Å². The summed E-state index contributed by atoms with van der Waals surface area (Å²) in [5.41, 5.74) is 0.430. The van der Waals surface area contributed by atoms with E-state index in [1.165, 1.54) is 28.8 Å². The monoisotopic (exact) mass is 233 g/mol. The van der Waals surface area contributed by atoms with E-state index >= 15 is 0 Å². The number of aromatic hydroxyl groups is 1. The van der Waals surface area contributed by atoms with Gasteiger partial charge in [-0.3, -0.25) is 9.20 Å². The van der Waals surface area contributed by atoms with Crippen LogP contribution in [-0.2, 0) is 4.74 Å². The molecule has 17 heavy (non-hydrogen) atoms. The number of esters is 1. The van der Waals surface area contributed by atoms with Gasteiger partial charge in [-0.05, 0) is 19.1 Å². The van der Waals surface area contributed by atoms with Gasteiger partial charge in [0.2, 0.25) is 5.88 Å². The zero-order valence-electron chi connectivity index (χ0n) is 9.21. The number of carbonyl (C=O) groups excluding carboxylic acids is 1. The Morgan fingerprint density at radius 2 is 2.18 bits per heavy atom. The molecule has 2 rings (SSSR count). The number of pyridine rings is 2. The third-order valence-electron chi connectivity index (χ3n) is 2.34. The molecule has 5 nitrogen and oxygen atoms in total. The molecule has 0 aliphatic rings. The molecule has 0 saturated carbocycles. The first-order valence-corrected chi connectivity index (χ1v) is 5.15. The normalized spacial score (nSPS) is 10.4. The highest BCUT2D eigenvalue weighted by Gasteiger charge is 2.14. The van der Waals surface area contributed by atoms with Crippen LogP contribution in [0.5, 0.6) is 5.88 Å². The Morgan fingerprint density at radius 3 is 2.88 bits per heavy atom. The molecular weight excluding hydrogens is 222 g/mol. The lowest BCUT2D eigenvalue weighted by molar-refractivity contribution is 0.0522. The Bertz CT molecular complexity index is 630. The van der Waals surface area contributed by atoms with Crippen molar-refractivity contribution in [2.45, 2.75) is 6.92 Å². The van der Waals surface area contributed by atoms with Crippen LogP contribution >= 0.6 is 0 Å². The van der Waals surface area contributed by atoms with E-state index in [1.54, 1.807) is 13.0 Å². The molecule has 0 amide bonds. The molecule has 0 fully saturated rings. The molecule has 0 aliphatic heterocycles. The average molecular weight is 233 g/mol. The summed E-state index contributed by atoms with van der Waals surface area (Å²) in [7, 11) is 0. The molecule has 0 radical (unpaired) electrons. The molecule has 2 aromatic rings. The fourth-order valence-electron chi connectivity index (χ4n) is 1.56. The minimum absolute atomic E-state index is 0.0722. The van der Waals surface area contributed by atoms with E-state index in [2.05, 4.69) is 0 Å². The van der Waals surface area contributed by atoms with Crippen LogP contribution in [0, 0.1) is 0 Å². The van der Waals surface area contributed by atoms with Crippen LogP contribution in [0.1, 0.15) is 17.3 Å². The lowest BCUT2D eigenvalue weighted by Crippen LogP contribution is -2.08. The maximum Gasteiger partial charge on any atom is 0.343 e. The summed E-state index contributed by atoms with van der Waals surface area (Å²) in [5.74, 6) is -0.827. The topological polar surface area (TPSA) is 68.0 Å². The lowest BCUT2D eigenvalue weighted by Gasteiger charge is -2.08. The summed E-state index contributed by atoms with van der Waals surface area (Å²) in [4.78, 5) is 22.6. The predicted molar refractivity (Wildman–Crippen MR) is 61.3 cm³/mol. The number of ether oxygens (including phenoxy) is 1. The van der Waals surface area contributed by atoms with Gasteiger partial charge in [-0.1, -0.05) is 0 Å². The summed E-state index contributed by atoms with van der Waals surface area (Å²) in [5, 5.41) is 9.90. The number of carbonyl (C=O) groups is 1. The second-order valence-corrected chi connectivity index (χ2v) is 3.45. The van der Waals surface area contributed by atoms with Gasteiger partial charge in [-0.15, -0.1) is 0 Å². The minimum atomic E-state index is -0.592. The third-order valence-corrected chi connectivity index (χ3v) is 2.34. The Kier molecular flexibility index (Phi) is 2.82. The van der Waals surface area contributed by atoms with Crippen molar-refractivity contribution < 1.29 is 14.6 Å². The van der Waals surface area contributed by atoms with Gasteiger partial charge in [0.05, 0.1) is 12.1 Å². The van der Waals surface area contributed by atoms with Gasteiger partial charge >= 0.3 is 5.97 Å². The summed E-state index contributed by atoms with van der Waals surface area (Å²) in [6.45, 7) is 1.92. The van der Waals surface area contributed by atoms with Crippen LogP contribution in [0.3, 0.4) is 0 Å². The second kappa shape index (κ2) is 4.29. The molecule has 0 saturated heterocycles. The molecule has 0 atom stereocenters. The summed E-state index contributed by atoms with van der Waals surface area (Å²) < 4.78 is 6.16. The molecular formula is C12H11NO4. The molecule has 0 aliphatic carbocycles. The summed E-state index contributed by atoms with van der Waals surface area (Å²) >= 11 is 0. The van der Waals surface area contributed by atoms with Gasteiger partial charge in [0, 0.05) is 18.3 Å². The smallest absolute Gasteiger partial charge is 0.343 e. The lowest BCUT2D eigenvalue weighted by atomic mass is 10.2. The van der Waals surface area contributed by atoms with Crippen molar-refractivity contribution in [3.05, 3.63) is 46.2 Å². The van der Waals surface area contributed by atoms with E-state index in [0.29, 0.717) is 5.52 Å². The molecule has 1 N–H and O–H groups in total. The fourth-order valence-corrected chi connectivity index (χ4v) is 1.56. The first kappa shape index (κ1) is 11.2. The highest BCUT2D eigenvalue weighted by Crippen LogP contribution is 2.19. The van der Waals surface area contributed by atoms with Gasteiger partial charge in [-0.25, -0.2) is 4.79 Å². The van der Waals surface area contributed by atoms with Crippen molar-refractivity contribution in [3.8, 4) is 5.88 Å². The quantitative estimate of drug-likeness (QED) is 0.791. The second-order valence-electron chi connectivity index (χ2n) is 3.45. The van der Waals surface area contributed by atoms with Gasteiger partial charge in [0.1, 0.15) is 5.56 Å². The first-order valence-electron chi connectivity index (χ1n) is 5.15. The number of aromatic nitrogens is 1. The van der Waals surface area contributed by atoms with E-state index in [-0.39, 0.29) is 23.5 Å². The predicted octanol–water partition coefficient (Wildman–Crippen LogP) is 1.18. The van der Waals surface area contributed by atoms with Crippen molar-refractivity contribution in [1.29, 1.82) is 0 Å². The average Bonchev–Trinajstić information content (AvgIpc) is 2.29. The Hall–Kier alpha value is -2.30. The SMILES string of the molecule is CCOC(=O)c1ccc2cc(=O)ccn2c1O. The Morgan fingerprint density at radius 1 is 1.41 bits per heavy atom. The molecule has 5 heteroatoms. The van der Waals surface area contributed by atoms with E-state index in [0.717, 1.165) is 0 Å². The van der Waals surface area contributed by atoms with Crippen molar-refractivity contribution >= 4 is 11.5 Å². The molecule has 0 unspecified atom stereocenters. The van der Waals surface area contributed by atoms with E-state index < -0.39 is 5.97 Å². The number of hydrogen-bond acceptors (Lipinski definition) is 4. The van der Waals surface area contributed by atoms with Crippen molar-refractivity contribution in [2.75, 3.05) is 6.61 Å². The molecule has 0 aromatic carbocycles. The zero-order chi connectivity index (χ0) is 12.4. The highest BCUT2D eigenvalue weighted by atomic mass is 16.5. The molecule has 2 aromatic heterocycles. The van der Waals surface area contributed by atoms with Crippen LogP contribution in [0.4, 0.5) is 0 Å². The molecule has 0 bridgehead atoms. The number of hydrogen-bond donors (Lipinski definition) is 1. The highest BCUT2D eigenvalue weighted by molar-refractivity contribution is 5.92. The van der Waals surface area contributed by atoms with E-state index in [9.17, 15) is 14.7 Å². The van der Waals surface area contributed by atoms with Gasteiger partial charge in [0.15, 0.2) is 5.43 Å². The van der Waals surface area contributed by atoms with Crippen LogP contribution in [-0.4, -0.2) is 22.1 Å². The van der Waals surface area contributed by atoms with Crippen LogP contribution in [0.2, 0.25) is 0 Å². The Labute approximate surface area is 96.9 Å². The van der Waals surface area contributed by atoms with Gasteiger partial charge < -0.3 is 9.84 Å². The maximum atomic E-state index is 11.5. The standard InChI is InChI=1S/C12H11NO4/c1-2-17-12(16)10-4-3-8-7-9(14)5-6-13(8)11(10)15/h3-7,15H,2H2,1H3. The molecule has 2 heterocycles. The number of nitrogens with zero attached hydrogens (tertiary/aromatic N) is 1. The summed E-state index contributed by atoms with van der Waals surface area (Å²) in [6, 6.07) is 5.69. The van der Waals surface area contributed by atoms with Gasteiger partial charge in [-0.2, -0.15) is 0 Å². The summed E-state index contributed by atoms with van der Waals surface area (Å²) in [6.07, 6.45) is 1.41. The fraction of sp³-hybridized carbons (Fsp3) is 0.167. The van der Waals surface area contributed by atoms with Crippen LogP contribution < -0.4 is 5.43 Å². The Balaban J connectivity index is 2.62. The van der Waals surface area contributed by atoms with Crippen LogP contribution in [0.25, 0.3) is 5.52 Å². The zero-order valence-corrected chi connectivity index (χ0v) is 9.21. The van der Waals surface area contributed by atoms with Crippen molar-refractivity contribution in [1.82, 2.24) is 4.40 Å².